The lowest BCUT2D eigenvalue weighted by atomic mass is 9.98. The van der Waals surface area contributed by atoms with Gasteiger partial charge in [-0.1, -0.05) is 19.1 Å². The summed E-state index contributed by atoms with van der Waals surface area (Å²) in [4.78, 5) is 20.3. The second-order valence-electron chi connectivity index (χ2n) is 8.04. The normalized spacial score (nSPS) is 21.9. The molecule has 2 heterocycles. The van der Waals surface area contributed by atoms with Gasteiger partial charge in [-0.3, -0.25) is 4.90 Å². The lowest BCUT2D eigenvalue weighted by molar-refractivity contribution is 0.159. The Bertz CT molecular complexity index is 882. The number of aromatic nitrogens is 1. The van der Waals surface area contributed by atoms with Gasteiger partial charge in [0.05, 0.1) is 15.9 Å². The predicted octanol–water partition coefficient (Wildman–Crippen LogP) is 4.25. The number of benzene rings is 1. The molecular weight excluding hydrogens is 346 g/mol. The zero-order valence-electron chi connectivity index (χ0n) is 15.5. The van der Waals surface area contributed by atoms with Crippen molar-refractivity contribution in [3.63, 3.8) is 0 Å². The Morgan fingerprint density at radius 1 is 1.42 bits per heavy atom. The fourth-order valence-corrected chi connectivity index (χ4v) is 5.05. The number of fused-ring (bicyclic) bond motifs is 1. The average Bonchev–Trinajstić information content (AvgIpc) is 3.22. The number of hydrogen-bond acceptors (Lipinski definition) is 4. The number of rotatable bonds is 4. The molecule has 0 spiro atoms. The fraction of sp³-hybridized carbons (Fsp3) is 0.500. The first-order chi connectivity index (χ1) is 12.4. The largest absolute Gasteiger partial charge is 0.465 e. The molecule has 2 aliphatic rings. The van der Waals surface area contributed by atoms with Crippen LogP contribution in [0.1, 0.15) is 36.8 Å². The Labute approximate surface area is 157 Å². The molecule has 6 heteroatoms. The molecular formula is C20H25N3O2S. The van der Waals surface area contributed by atoms with E-state index in [2.05, 4.69) is 38.1 Å². The third-order valence-corrected chi connectivity index (χ3v) is 6.62. The van der Waals surface area contributed by atoms with E-state index in [0.717, 1.165) is 29.7 Å². The van der Waals surface area contributed by atoms with Gasteiger partial charge in [0.1, 0.15) is 5.01 Å². The topological polar surface area (TPSA) is 56.7 Å². The number of likely N-dealkylation sites (N-methyl/N-ethyl adjacent to an activating group) is 1. The molecule has 5 nitrogen and oxygen atoms in total. The highest BCUT2D eigenvalue weighted by Crippen LogP contribution is 2.50. The van der Waals surface area contributed by atoms with Gasteiger partial charge in [0.25, 0.3) is 0 Å². The molecule has 1 aliphatic heterocycles. The summed E-state index contributed by atoms with van der Waals surface area (Å²) < 4.78 is 1.18. The minimum absolute atomic E-state index is 0.222. The van der Waals surface area contributed by atoms with Gasteiger partial charge in [0.15, 0.2) is 0 Å². The van der Waals surface area contributed by atoms with E-state index in [0.29, 0.717) is 12.5 Å². The maximum atomic E-state index is 11.7. The van der Waals surface area contributed by atoms with Gasteiger partial charge >= 0.3 is 6.09 Å². The van der Waals surface area contributed by atoms with E-state index in [9.17, 15) is 9.90 Å². The fourth-order valence-electron chi connectivity index (χ4n) is 3.87. The summed E-state index contributed by atoms with van der Waals surface area (Å²) in [5, 5.41) is 10.8. The van der Waals surface area contributed by atoms with Crippen LogP contribution in [0.2, 0.25) is 0 Å². The van der Waals surface area contributed by atoms with Crippen molar-refractivity contribution in [3.05, 3.63) is 34.8 Å². The summed E-state index contributed by atoms with van der Waals surface area (Å²) in [5.74, 6) is 0.352. The first-order valence-electron chi connectivity index (χ1n) is 9.15. The van der Waals surface area contributed by atoms with Crippen LogP contribution in [0, 0.1) is 5.92 Å². The standard InChI is InChI=1S/C20H25N3O2S/c1-13-4-6-16(23(11-13)19(24)25)14-5-7-17-15(10-14)21-18(26-17)20(8-9-20)12-22(2)3/h5-7,10,13H,4,8-9,11-12H2,1-3H3,(H,24,25). The number of amides is 1. The number of nitrogens with zero attached hydrogens (tertiary/aromatic N) is 3. The Balaban J connectivity index is 1.69. The highest BCUT2D eigenvalue weighted by atomic mass is 32.1. The van der Waals surface area contributed by atoms with Crippen LogP contribution in [0.3, 0.4) is 0 Å². The molecule has 1 amide bonds. The summed E-state index contributed by atoms with van der Waals surface area (Å²) >= 11 is 1.78. The Kier molecular flexibility index (Phi) is 4.28. The van der Waals surface area contributed by atoms with Crippen molar-refractivity contribution in [2.24, 2.45) is 5.92 Å². The summed E-state index contributed by atoms with van der Waals surface area (Å²) in [5.41, 5.74) is 2.94. The molecule has 0 bridgehead atoms. The van der Waals surface area contributed by atoms with Crippen molar-refractivity contribution in [1.82, 2.24) is 14.8 Å². The lowest BCUT2D eigenvalue weighted by Crippen LogP contribution is -2.34. The number of carboxylic acid groups (broad SMARTS) is 1. The third kappa shape index (κ3) is 3.12. The van der Waals surface area contributed by atoms with Gasteiger partial charge < -0.3 is 10.0 Å². The van der Waals surface area contributed by atoms with Crippen LogP contribution < -0.4 is 0 Å². The maximum absolute atomic E-state index is 11.7. The van der Waals surface area contributed by atoms with E-state index in [1.807, 2.05) is 12.1 Å². The second-order valence-corrected chi connectivity index (χ2v) is 9.07. The summed E-state index contributed by atoms with van der Waals surface area (Å²) in [6, 6.07) is 6.18. The second kappa shape index (κ2) is 6.35. The van der Waals surface area contributed by atoms with Gasteiger partial charge in [0, 0.05) is 24.1 Å². The molecule has 0 saturated heterocycles. The molecule has 0 radical (unpaired) electrons. The van der Waals surface area contributed by atoms with E-state index in [-0.39, 0.29) is 5.41 Å². The molecule has 26 heavy (non-hydrogen) atoms. The molecule has 1 aromatic heterocycles. The van der Waals surface area contributed by atoms with Crippen LogP contribution >= 0.6 is 11.3 Å². The minimum atomic E-state index is -0.884. The highest BCUT2D eigenvalue weighted by Gasteiger charge is 2.47. The molecule has 4 rings (SSSR count). The first kappa shape index (κ1) is 17.5. The van der Waals surface area contributed by atoms with Crippen molar-refractivity contribution < 1.29 is 9.90 Å². The smallest absolute Gasteiger partial charge is 0.411 e. The van der Waals surface area contributed by atoms with E-state index < -0.39 is 6.09 Å². The van der Waals surface area contributed by atoms with E-state index >= 15 is 0 Å². The van der Waals surface area contributed by atoms with Gasteiger partial charge in [-0.05, 0) is 51.4 Å². The number of thiazole rings is 1. The van der Waals surface area contributed by atoms with E-state index in [1.165, 1.54) is 27.4 Å². The van der Waals surface area contributed by atoms with Crippen LogP contribution in [-0.4, -0.2) is 53.2 Å². The molecule has 1 atom stereocenters. The molecule has 2 aromatic rings. The summed E-state index contributed by atoms with van der Waals surface area (Å²) in [6.45, 7) is 3.67. The van der Waals surface area contributed by atoms with Gasteiger partial charge in [-0.25, -0.2) is 9.78 Å². The zero-order chi connectivity index (χ0) is 18.5. The summed E-state index contributed by atoms with van der Waals surface area (Å²) in [7, 11) is 4.23. The van der Waals surface area contributed by atoms with E-state index in [4.69, 9.17) is 4.98 Å². The van der Waals surface area contributed by atoms with Crippen molar-refractivity contribution in [3.8, 4) is 0 Å². The van der Waals surface area contributed by atoms with E-state index in [1.54, 1.807) is 11.3 Å². The monoisotopic (exact) mass is 371 g/mol. The van der Waals surface area contributed by atoms with Crippen LogP contribution in [0.4, 0.5) is 4.79 Å². The maximum Gasteiger partial charge on any atom is 0.411 e. The quantitative estimate of drug-likeness (QED) is 0.873. The number of allylic oxidation sites excluding steroid dienone is 1. The molecule has 1 aliphatic carbocycles. The zero-order valence-corrected chi connectivity index (χ0v) is 16.3. The van der Waals surface area contributed by atoms with Crippen LogP contribution in [0.15, 0.2) is 24.3 Å². The van der Waals surface area contributed by atoms with Crippen molar-refractivity contribution >= 4 is 33.3 Å². The number of hydrogen-bond donors (Lipinski definition) is 1. The Hall–Kier alpha value is -1.92. The Morgan fingerprint density at radius 2 is 2.19 bits per heavy atom. The SMILES string of the molecule is CC1CC=C(c2ccc3sc(C4(CN(C)C)CC4)nc3c2)N(C(=O)O)C1. The van der Waals surface area contributed by atoms with Crippen LogP contribution in [0.25, 0.3) is 15.9 Å². The average molecular weight is 372 g/mol. The lowest BCUT2D eigenvalue weighted by Gasteiger charge is -2.29. The first-order valence-corrected chi connectivity index (χ1v) is 9.96. The van der Waals surface area contributed by atoms with Crippen molar-refractivity contribution in [2.45, 2.75) is 31.6 Å². The molecule has 1 N–H and O–H groups in total. The number of carbonyl (C=O) groups is 1. The summed E-state index contributed by atoms with van der Waals surface area (Å²) in [6.07, 6.45) is 4.47. The van der Waals surface area contributed by atoms with Gasteiger partial charge in [0.2, 0.25) is 0 Å². The van der Waals surface area contributed by atoms with Crippen molar-refractivity contribution in [1.29, 1.82) is 0 Å². The minimum Gasteiger partial charge on any atom is -0.465 e. The van der Waals surface area contributed by atoms with Gasteiger partial charge in [-0.15, -0.1) is 11.3 Å². The van der Waals surface area contributed by atoms with Crippen LogP contribution in [-0.2, 0) is 5.41 Å². The predicted molar refractivity (Wildman–Crippen MR) is 106 cm³/mol. The molecule has 1 saturated carbocycles. The molecule has 1 fully saturated rings. The van der Waals surface area contributed by atoms with Crippen molar-refractivity contribution in [2.75, 3.05) is 27.2 Å². The molecule has 1 aromatic carbocycles. The van der Waals surface area contributed by atoms with Gasteiger partial charge in [-0.2, -0.15) is 0 Å². The van der Waals surface area contributed by atoms with Crippen LogP contribution in [0.5, 0.6) is 0 Å². The Morgan fingerprint density at radius 3 is 2.85 bits per heavy atom. The third-order valence-electron chi connectivity index (χ3n) is 5.34. The molecule has 138 valence electrons. The highest BCUT2D eigenvalue weighted by molar-refractivity contribution is 7.18. The molecule has 1 unspecified atom stereocenters.